The number of nitrogens with zero attached hydrogens (tertiary/aromatic N) is 4. The molecule has 2 aromatic heterocycles. The van der Waals surface area contributed by atoms with Crippen molar-refractivity contribution in [2.45, 2.75) is 27.2 Å². The average Bonchev–Trinajstić information content (AvgIpc) is 3.61. The van der Waals surface area contributed by atoms with E-state index >= 15 is 0 Å². The van der Waals surface area contributed by atoms with Crippen LogP contribution in [0.15, 0.2) is 59.1 Å². The number of halogens is 1. The number of rotatable bonds is 7. The summed E-state index contributed by atoms with van der Waals surface area (Å²) in [6.45, 7) is 9.70. The standard InChI is InChI=1S/C29H32ClN5O2S/c1-19-5-6-25(13-26(19)30)35(29(37)32-24-8-12-38-18-24)11-4-10-33-14-22-16-34(17-23(22)15-33)28(36)27-20(2)7-9-31-21(27)3/h5-9,12-13,16,18,23H,4,10-11,14-15,17H2,1-3H3,(H,32,37). The Kier molecular flexibility index (Phi) is 7.83. The lowest BCUT2D eigenvalue weighted by atomic mass is 10.1. The van der Waals surface area contributed by atoms with Crippen molar-refractivity contribution in [1.82, 2.24) is 14.8 Å². The maximum Gasteiger partial charge on any atom is 0.326 e. The van der Waals surface area contributed by atoms with Crippen LogP contribution in [0.3, 0.4) is 0 Å². The number of anilines is 2. The number of carbonyl (C=O) groups excluding carboxylic acids is 2. The van der Waals surface area contributed by atoms with Crippen LogP contribution in [0.5, 0.6) is 0 Å². The Bertz CT molecular complexity index is 1350. The second-order valence-electron chi connectivity index (χ2n) is 10.1. The second kappa shape index (κ2) is 11.3. The number of hydrogen-bond acceptors (Lipinski definition) is 5. The van der Waals surface area contributed by atoms with Crippen LogP contribution in [0, 0.1) is 26.7 Å². The summed E-state index contributed by atoms with van der Waals surface area (Å²) in [4.78, 5) is 36.7. The van der Waals surface area contributed by atoms with Crippen LogP contribution in [-0.2, 0) is 0 Å². The van der Waals surface area contributed by atoms with Crippen molar-refractivity contribution >= 4 is 46.3 Å². The molecule has 2 aliphatic heterocycles. The van der Waals surface area contributed by atoms with Gasteiger partial charge in [-0.2, -0.15) is 11.3 Å². The third kappa shape index (κ3) is 5.62. The molecule has 9 heteroatoms. The Labute approximate surface area is 232 Å². The van der Waals surface area contributed by atoms with Gasteiger partial charge >= 0.3 is 6.03 Å². The largest absolute Gasteiger partial charge is 0.326 e. The first-order valence-corrected chi connectivity index (χ1v) is 14.1. The van der Waals surface area contributed by atoms with Crippen LogP contribution in [0.2, 0.25) is 5.02 Å². The SMILES string of the molecule is Cc1ccc(N(CCCN2CC3=CN(C(=O)c4c(C)ccnc4C)CC3C2)C(=O)Nc2ccsc2)cc1Cl. The number of fused-ring (bicyclic) bond motifs is 1. The number of aryl methyl sites for hydroxylation is 3. The fourth-order valence-corrected chi connectivity index (χ4v) is 6.00. The zero-order valence-electron chi connectivity index (χ0n) is 21.9. The van der Waals surface area contributed by atoms with Gasteiger partial charge in [0.1, 0.15) is 0 Å². The molecular formula is C29H32ClN5O2S. The molecule has 1 unspecified atom stereocenters. The number of amides is 3. The molecular weight excluding hydrogens is 518 g/mol. The van der Waals surface area contributed by atoms with Gasteiger partial charge < -0.3 is 10.2 Å². The average molecular weight is 550 g/mol. The van der Waals surface area contributed by atoms with Gasteiger partial charge in [0, 0.05) is 67.1 Å². The van der Waals surface area contributed by atoms with Crippen LogP contribution in [0.1, 0.15) is 33.6 Å². The molecule has 0 bridgehead atoms. The van der Waals surface area contributed by atoms with Crippen molar-refractivity contribution in [2.75, 3.05) is 42.9 Å². The highest BCUT2D eigenvalue weighted by Gasteiger charge is 2.36. The van der Waals surface area contributed by atoms with E-state index in [1.54, 1.807) is 22.4 Å². The summed E-state index contributed by atoms with van der Waals surface area (Å²) in [5.74, 6) is 0.385. The Morgan fingerprint density at radius 1 is 1.16 bits per heavy atom. The van der Waals surface area contributed by atoms with Gasteiger partial charge in [0.2, 0.25) is 0 Å². The van der Waals surface area contributed by atoms with Crippen LogP contribution in [-0.4, -0.2) is 59.4 Å². The number of benzene rings is 1. The van der Waals surface area contributed by atoms with E-state index < -0.39 is 0 Å². The predicted molar refractivity (Wildman–Crippen MR) is 154 cm³/mol. The van der Waals surface area contributed by atoms with E-state index in [-0.39, 0.29) is 11.9 Å². The summed E-state index contributed by atoms with van der Waals surface area (Å²) in [6.07, 6.45) is 4.60. The molecule has 0 aliphatic carbocycles. The zero-order valence-corrected chi connectivity index (χ0v) is 23.5. The summed E-state index contributed by atoms with van der Waals surface area (Å²) in [5, 5.41) is 7.49. The van der Waals surface area contributed by atoms with Gasteiger partial charge in [0.25, 0.3) is 5.91 Å². The minimum atomic E-state index is -0.167. The number of nitrogens with one attached hydrogen (secondary N) is 1. The summed E-state index contributed by atoms with van der Waals surface area (Å²) >= 11 is 7.93. The normalized spacial score (nSPS) is 16.9. The van der Waals surface area contributed by atoms with E-state index in [9.17, 15) is 9.59 Å². The van der Waals surface area contributed by atoms with E-state index in [0.717, 1.165) is 54.3 Å². The minimum absolute atomic E-state index is 0.0329. The Balaban J connectivity index is 1.20. The van der Waals surface area contributed by atoms with Gasteiger partial charge in [-0.25, -0.2) is 4.79 Å². The maximum absolute atomic E-state index is 13.2. The van der Waals surface area contributed by atoms with E-state index in [1.807, 2.05) is 73.0 Å². The Morgan fingerprint density at radius 2 is 2.00 bits per heavy atom. The van der Waals surface area contributed by atoms with E-state index in [0.29, 0.717) is 29.6 Å². The lowest BCUT2D eigenvalue weighted by Crippen LogP contribution is -2.37. The van der Waals surface area contributed by atoms with Crippen molar-refractivity contribution in [1.29, 1.82) is 0 Å². The zero-order chi connectivity index (χ0) is 26.8. The molecule has 1 aromatic carbocycles. The van der Waals surface area contributed by atoms with E-state index in [2.05, 4.69) is 15.2 Å². The van der Waals surface area contributed by atoms with Crippen molar-refractivity contribution in [3.05, 3.63) is 86.5 Å². The minimum Gasteiger partial charge on any atom is -0.314 e. The van der Waals surface area contributed by atoms with Gasteiger partial charge in [0.05, 0.1) is 16.9 Å². The lowest BCUT2D eigenvalue weighted by molar-refractivity contribution is 0.0818. The first-order chi connectivity index (χ1) is 18.3. The molecule has 1 N–H and O–H groups in total. The van der Waals surface area contributed by atoms with Crippen LogP contribution < -0.4 is 10.2 Å². The van der Waals surface area contributed by atoms with Crippen LogP contribution in [0.25, 0.3) is 0 Å². The first-order valence-electron chi connectivity index (χ1n) is 12.8. The number of thiophene rings is 1. The number of pyridine rings is 1. The molecule has 3 amide bonds. The van der Waals surface area contributed by atoms with Gasteiger partial charge in [-0.05, 0) is 73.5 Å². The first kappa shape index (κ1) is 26.4. The van der Waals surface area contributed by atoms with Gasteiger partial charge in [0.15, 0.2) is 0 Å². The van der Waals surface area contributed by atoms with Crippen molar-refractivity contribution in [3.8, 4) is 0 Å². The van der Waals surface area contributed by atoms with E-state index in [1.165, 1.54) is 5.57 Å². The summed E-state index contributed by atoms with van der Waals surface area (Å²) in [7, 11) is 0. The fourth-order valence-electron chi connectivity index (χ4n) is 5.24. The summed E-state index contributed by atoms with van der Waals surface area (Å²) in [5.41, 5.74) is 6.29. The smallest absolute Gasteiger partial charge is 0.314 e. The van der Waals surface area contributed by atoms with Gasteiger partial charge in [-0.1, -0.05) is 17.7 Å². The highest BCUT2D eigenvalue weighted by molar-refractivity contribution is 7.08. The third-order valence-corrected chi connectivity index (χ3v) is 8.40. The molecule has 3 aromatic rings. The van der Waals surface area contributed by atoms with Crippen molar-refractivity contribution in [3.63, 3.8) is 0 Å². The summed E-state index contributed by atoms with van der Waals surface area (Å²) in [6, 6.07) is 9.35. The fraction of sp³-hybridized carbons (Fsp3) is 0.345. The monoisotopic (exact) mass is 549 g/mol. The van der Waals surface area contributed by atoms with Gasteiger partial charge in [-0.15, -0.1) is 0 Å². The number of hydrogen-bond donors (Lipinski definition) is 1. The lowest BCUT2D eigenvalue weighted by Gasteiger charge is -2.25. The summed E-state index contributed by atoms with van der Waals surface area (Å²) < 4.78 is 0. The molecule has 198 valence electrons. The highest BCUT2D eigenvalue weighted by Crippen LogP contribution is 2.31. The number of urea groups is 1. The number of aromatic nitrogens is 1. The molecule has 7 nitrogen and oxygen atoms in total. The number of likely N-dealkylation sites (tertiary alicyclic amines) is 1. The quantitative estimate of drug-likeness (QED) is 0.385. The Hall–Kier alpha value is -3.20. The molecule has 0 radical (unpaired) electrons. The molecule has 2 aliphatic rings. The molecule has 1 atom stereocenters. The molecule has 4 heterocycles. The molecule has 0 spiro atoms. The highest BCUT2D eigenvalue weighted by atomic mass is 35.5. The third-order valence-electron chi connectivity index (χ3n) is 7.31. The molecule has 0 saturated carbocycles. The molecule has 5 rings (SSSR count). The van der Waals surface area contributed by atoms with Gasteiger partial charge in [-0.3, -0.25) is 19.6 Å². The Morgan fingerprint density at radius 3 is 2.71 bits per heavy atom. The number of carbonyl (C=O) groups is 2. The molecule has 1 saturated heterocycles. The maximum atomic E-state index is 13.2. The van der Waals surface area contributed by atoms with Crippen molar-refractivity contribution < 1.29 is 9.59 Å². The molecule has 38 heavy (non-hydrogen) atoms. The van der Waals surface area contributed by atoms with Crippen LogP contribution >= 0.6 is 22.9 Å². The predicted octanol–water partition coefficient (Wildman–Crippen LogP) is 6.12. The van der Waals surface area contributed by atoms with Crippen molar-refractivity contribution in [2.24, 2.45) is 5.92 Å². The van der Waals surface area contributed by atoms with Crippen LogP contribution in [0.4, 0.5) is 16.2 Å². The topological polar surface area (TPSA) is 68.8 Å². The molecule has 1 fully saturated rings. The second-order valence-corrected chi connectivity index (χ2v) is 11.2. The van der Waals surface area contributed by atoms with E-state index in [4.69, 9.17) is 11.6 Å².